The quantitative estimate of drug-likeness (QED) is 0.164. The van der Waals surface area contributed by atoms with Crippen LogP contribution in [-0.2, 0) is 27.1 Å². The maximum Gasteiger partial charge on any atom is 0.256 e. The van der Waals surface area contributed by atoms with Crippen molar-refractivity contribution in [2.24, 2.45) is 0 Å². The molecule has 0 bridgehead atoms. The first-order valence-electron chi connectivity index (χ1n) is 32.0. The van der Waals surface area contributed by atoms with Gasteiger partial charge in [-0.3, -0.25) is 0 Å². The molecule has 11 aromatic rings. The molecule has 0 fully saturated rings. The number of aryl methyl sites for hydroxylation is 2. The van der Waals surface area contributed by atoms with Gasteiger partial charge in [-0.1, -0.05) is 207 Å². The van der Waals surface area contributed by atoms with Gasteiger partial charge >= 0.3 is 0 Å². The molecule has 1 aromatic heterocycles. The minimum atomic E-state index is -0.150. The lowest BCUT2D eigenvalue weighted by Crippen LogP contribution is -2.64. The number of rotatable bonds is 4. The van der Waals surface area contributed by atoms with E-state index in [1.54, 1.807) is 0 Å². The summed E-state index contributed by atoms with van der Waals surface area (Å²) in [6.45, 7) is 39.3. The molecular weight excluding hydrogens is 1060 g/mol. The molecule has 0 aliphatic carbocycles. The number of aromatic nitrogens is 1. The van der Waals surface area contributed by atoms with Gasteiger partial charge in [-0.25, -0.2) is 0 Å². The van der Waals surface area contributed by atoms with Crippen LogP contribution in [0.2, 0.25) is 0 Å². The number of hydrogen-bond donors (Lipinski definition) is 0. The standard InChI is InChI=1S/C82H81B2N3O/c1-48-22-18-20-24-59(48)50-38-70-75-71(39-50)87-67-36-30-54(80(9,10)11)42-61(67)62-43-56(82(15,16)17)45-66(77(62)87)84(75)64-46-65-73(47-69(64)86(70)58-34-28-53(29-35-58)79(6,7)8)88-74-41-51(60-25-21-19-23-49(60)2)40-72-76(74)83(65)63-44-55(81(12,13)14)31-37-68(63)85(72)57-32-26-52(27-33-57)78(3,4)5/h18-47H,1-17H3. The second-order valence-corrected chi connectivity index (χ2v) is 31.2. The topological polar surface area (TPSA) is 20.6 Å². The highest BCUT2D eigenvalue weighted by Gasteiger charge is 2.48. The van der Waals surface area contributed by atoms with Crippen LogP contribution in [0.15, 0.2) is 182 Å². The number of anilines is 6. The van der Waals surface area contributed by atoms with Gasteiger partial charge in [-0.05, 0) is 208 Å². The molecule has 0 spiro atoms. The molecule has 0 saturated heterocycles. The van der Waals surface area contributed by atoms with Gasteiger partial charge in [0.05, 0.1) is 5.52 Å². The van der Waals surface area contributed by atoms with E-state index in [1.165, 1.54) is 127 Å². The van der Waals surface area contributed by atoms with Crippen LogP contribution in [0.1, 0.15) is 143 Å². The molecule has 5 heterocycles. The summed E-state index contributed by atoms with van der Waals surface area (Å²) in [5, 5.41) is 2.62. The smallest absolute Gasteiger partial charge is 0.256 e. The number of nitrogens with zero attached hydrogens (tertiary/aromatic N) is 3. The van der Waals surface area contributed by atoms with E-state index in [9.17, 15) is 0 Å². The van der Waals surface area contributed by atoms with Crippen molar-refractivity contribution in [3.8, 4) is 39.4 Å². The highest BCUT2D eigenvalue weighted by molar-refractivity contribution is 7.02. The van der Waals surface area contributed by atoms with Gasteiger partial charge in [0, 0.05) is 62.2 Å². The largest absolute Gasteiger partial charge is 0.458 e. The van der Waals surface area contributed by atoms with E-state index in [0.29, 0.717) is 0 Å². The molecule has 0 N–H and O–H groups in total. The summed E-state index contributed by atoms with van der Waals surface area (Å²) in [5.74, 6) is 1.79. The monoisotopic (exact) mass is 1150 g/mol. The van der Waals surface area contributed by atoms with Crippen LogP contribution in [0, 0.1) is 13.8 Å². The molecule has 0 atom stereocenters. The summed E-state index contributed by atoms with van der Waals surface area (Å²) in [6.07, 6.45) is 0. The van der Waals surface area contributed by atoms with E-state index in [-0.39, 0.29) is 40.5 Å². The molecule has 436 valence electrons. The number of fused-ring (bicyclic) bond motifs is 11. The Balaban J connectivity index is 1.08. The van der Waals surface area contributed by atoms with E-state index < -0.39 is 0 Å². The number of ether oxygens (including phenoxy) is 1. The van der Waals surface area contributed by atoms with E-state index in [2.05, 4.69) is 314 Å². The van der Waals surface area contributed by atoms with Crippen LogP contribution in [0.25, 0.3) is 49.7 Å². The van der Waals surface area contributed by atoms with Crippen LogP contribution in [-0.4, -0.2) is 18.0 Å². The van der Waals surface area contributed by atoms with Gasteiger partial charge in [-0.2, -0.15) is 0 Å². The highest BCUT2D eigenvalue weighted by Crippen LogP contribution is 2.49. The van der Waals surface area contributed by atoms with E-state index in [1.807, 2.05) is 0 Å². The molecule has 4 aliphatic rings. The van der Waals surface area contributed by atoms with Crippen LogP contribution < -0.4 is 47.3 Å². The molecule has 88 heavy (non-hydrogen) atoms. The average Bonchev–Trinajstić information content (AvgIpc) is 1.21. The normalized spacial score (nSPS) is 14.2. The summed E-state index contributed by atoms with van der Waals surface area (Å²) >= 11 is 0. The third-order valence-corrected chi connectivity index (χ3v) is 20.1. The minimum Gasteiger partial charge on any atom is -0.458 e. The van der Waals surface area contributed by atoms with E-state index in [4.69, 9.17) is 4.74 Å². The number of hydrogen-bond acceptors (Lipinski definition) is 3. The fourth-order valence-corrected chi connectivity index (χ4v) is 15.0. The van der Waals surface area contributed by atoms with Crippen LogP contribution in [0.4, 0.5) is 34.1 Å². The molecule has 4 aliphatic heterocycles. The van der Waals surface area contributed by atoms with Crippen molar-refractivity contribution in [1.29, 1.82) is 0 Å². The maximum absolute atomic E-state index is 7.80. The first-order valence-corrected chi connectivity index (χ1v) is 32.0. The Morgan fingerprint density at radius 2 is 0.784 bits per heavy atom. The van der Waals surface area contributed by atoms with Crippen molar-refractivity contribution in [3.05, 3.63) is 221 Å². The molecular formula is C82H81B2N3O. The summed E-state index contributed by atoms with van der Waals surface area (Å²) < 4.78 is 10.5. The molecule has 6 heteroatoms. The van der Waals surface area contributed by atoms with Gasteiger partial charge in [0.1, 0.15) is 11.5 Å². The minimum absolute atomic E-state index is 0.00609. The Labute approximate surface area is 523 Å². The van der Waals surface area contributed by atoms with Gasteiger partial charge in [-0.15, -0.1) is 0 Å². The Hall–Kier alpha value is -8.47. The lowest BCUT2D eigenvalue weighted by atomic mass is 9.30. The fourth-order valence-electron chi connectivity index (χ4n) is 15.0. The average molecular weight is 1150 g/mol. The number of benzene rings is 10. The summed E-state index contributed by atoms with van der Waals surface area (Å²) in [6, 6.07) is 71.2. The first-order chi connectivity index (χ1) is 41.6. The molecule has 0 amide bonds. The third kappa shape index (κ3) is 8.62. The summed E-state index contributed by atoms with van der Waals surface area (Å²) in [7, 11) is 0. The van der Waals surface area contributed by atoms with Gasteiger partial charge in [0.2, 0.25) is 0 Å². The van der Waals surface area contributed by atoms with Gasteiger partial charge in [0.25, 0.3) is 13.4 Å². The van der Waals surface area contributed by atoms with E-state index >= 15 is 0 Å². The molecule has 4 nitrogen and oxygen atoms in total. The van der Waals surface area contributed by atoms with Crippen LogP contribution >= 0.6 is 0 Å². The Kier molecular flexibility index (Phi) is 12.1. The van der Waals surface area contributed by atoms with Crippen LogP contribution in [0.5, 0.6) is 11.5 Å². The Bertz CT molecular complexity index is 4760. The molecule has 0 unspecified atom stereocenters. The van der Waals surface area contributed by atoms with Crippen molar-refractivity contribution in [1.82, 2.24) is 4.57 Å². The lowest BCUT2D eigenvalue weighted by molar-refractivity contribution is 0.488. The second-order valence-electron chi connectivity index (χ2n) is 31.2. The zero-order chi connectivity index (χ0) is 61.6. The van der Waals surface area contributed by atoms with Gasteiger partial charge < -0.3 is 19.1 Å². The third-order valence-electron chi connectivity index (χ3n) is 20.1. The highest BCUT2D eigenvalue weighted by atomic mass is 16.5. The second kappa shape index (κ2) is 19.0. The fraction of sp³-hybridized carbons (Fsp3) is 0.268. The molecule has 0 radical (unpaired) electrons. The first kappa shape index (κ1) is 56.1. The van der Waals surface area contributed by atoms with Crippen molar-refractivity contribution >= 4 is 102 Å². The Morgan fingerprint density at radius 1 is 0.330 bits per heavy atom. The van der Waals surface area contributed by atoms with Gasteiger partial charge in [0.15, 0.2) is 0 Å². The predicted molar refractivity (Wildman–Crippen MR) is 380 cm³/mol. The maximum atomic E-state index is 7.80. The zero-order valence-corrected chi connectivity index (χ0v) is 54.7. The Morgan fingerprint density at radius 3 is 1.35 bits per heavy atom. The molecule has 15 rings (SSSR count). The van der Waals surface area contributed by atoms with Crippen molar-refractivity contribution in [3.63, 3.8) is 0 Å². The SMILES string of the molecule is Cc1ccccc1-c1cc2c3c(c1)N(c1ccc(C(C)(C)C)cc1)c1ccc(C(C)(C)C)cc1B3c1cc3c(cc1O2)N(c1ccc(C(C)(C)C)cc1)c1cc(-c2ccccc2C)cc2c1B3c1cc(C(C)(C)C)cc3c4cc(C(C)(C)C)ccc4n-2c13. The molecule has 10 aromatic carbocycles. The summed E-state index contributed by atoms with van der Waals surface area (Å²) in [5.41, 5.74) is 31.9. The predicted octanol–water partition coefficient (Wildman–Crippen LogP) is 18.2. The zero-order valence-electron chi connectivity index (χ0n) is 54.7. The summed E-state index contributed by atoms with van der Waals surface area (Å²) in [4.78, 5) is 5.14. The van der Waals surface area contributed by atoms with Crippen LogP contribution in [0.3, 0.4) is 0 Å². The lowest BCUT2D eigenvalue weighted by Gasteiger charge is -2.44. The van der Waals surface area contributed by atoms with Crippen molar-refractivity contribution in [2.45, 2.75) is 145 Å². The molecule has 0 saturated carbocycles. The van der Waals surface area contributed by atoms with Crippen molar-refractivity contribution in [2.75, 3.05) is 9.80 Å². The van der Waals surface area contributed by atoms with E-state index in [0.717, 1.165) is 39.8 Å². The van der Waals surface area contributed by atoms with Crippen molar-refractivity contribution < 1.29 is 4.74 Å².